The lowest BCUT2D eigenvalue weighted by Gasteiger charge is -2.42. The van der Waals surface area contributed by atoms with Gasteiger partial charge in [0.05, 0.1) is 5.56 Å². The van der Waals surface area contributed by atoms with Gasteiger partial charge in [0.25, 0.3) is 0 Å². The molecule has 0 spiro atoms. The molecule has 1 aliphatic carbocycles. The molecule has 36 heavy (non-hydrogen) atoms. The van der Waals surface area contributed by atoms with E-state index >= 15 is 0 Å². The Morgan fingerprint density at radius 2 is 1.53 bits per heavy atom. The van der Waals surface area contributed by atoms with E-state index < -0.39 is 11.9 Å². The zero-order chi connectivity index (χ0) is 26.2. The van der Waals surface area contributed by atoms with Gasteiger partial charge in [0.1, 0.15) is 6.61 Å². The van der Waals surface area contributed by atoms with Crippen LogP contribution in [0.25, 0.3) is 0 Å². The normalized spacial score (nSPS) is 16.1. The van der Waals surface area contributed by atoms with E-state index in [1.165, 1.54) is 24.0 Å². The predicted octanol–water partition coefficient (Wildman–Crippen LogP) is 6.61. The molecule has 6 nitrogen and oxygen atoms in total. The van der Waals surface area contributed by atoms with Crippen molar-refractivity contribution in [1.82, 2.24) is 5.48 Å². The van der Waals surface area contributed by atoms with E-state index in [0.717, 1.165) is 32.1 Å². The second-order valence-electron chi connectivity index (χ2n) is 10.9. The first kappa shape index (κ1) is 27.4. The summed E-state index contributed by atoms with van der Waals surface area (Å²) < 4.78 is 0. The number of unbranched alkanes of at least 4 members (excludes halogenated alkanes) is 4. The molecule has 1 N–H and O–H groups in total. The predicted molar refractivity (Wildman–Crippen MR) is 143 cm³/mol. The van der Waals surface area contributed by atoms with Crippen LogP contribution in [0.15, 0.2) is 53.7 Å². The van der Waals surface area contributed by atoms with Crippen LogP contribution in [0.5, 0.6) is 0 Å². The highest BCUT2D eigenvalue weighted by Crippen LogP contribution is 2.45. The molecule has 0 aliphatic heterocycles. The monoisotopic (exact) mass is 492 g/mol. The van der Waals surface area contributed by atoms with E-state index in [1.54, 1.807) is 30.3 Å². The Kier molecular flexibility index (Phi) is 9.30. The van der Waals surface area contributed by atoms with Gasteiger partial charge in [-0.25, -0.2) is 4.79 Å². The zero-order valence-electron chi connectivity index (χ0n) is 22.4. The van der Waals surface area contributed by atoms with Gasteiger partial charge in [-0.05, 0) is 65.8 Å². The van der Waals surface area contributed by atoms with Gasteiger partial charge in [0, 0.05) is 5.56 Å². The maximum atomic E-state index is 13.1. The molecule has 1 amide bonds. The highest BCUT2D eigenvalue weighted by atomic mass is 16.7. The fraction of sp³-hybridized carbons (Fsp3) is 0.500. The summed E-state index contributed by atoms with van der Waals surface area (Å²) in [5, 5.41) is 4.21. The minimum absolute atomic E-state index is 0.0254. The summed E-state index contributed by atoms with van der Waals surface area (Å²) >= 11 is 0. The van der Waals surface area contributed by atoms with Crippen molar-refractivity contribution in [1.29, 1.82) is 0 Å². The molecular formula is C30H40N2O4. The highest BCUT2D eigenvalue weighted by molar-refractivity contribution is 6.45. The fourth-order valence-electron chi connectivity index (χ4n) is 4.62. The lowest BCUT2D eigenvalue weighted by Crippen LogP contribution is -2.36. The van der Waals surface area contributed by atoms with Crippen LogP contribution < -0.4 is 5.48 Å². The quantitative estimate of drug-likeness (QED) is 0.230. The number of carbonyl (C=O) groups excluding carboxylic acids is 2. The van der Waals surface area contributed by atoms with Crippen LogP contribution in [-0.4, -0.2) is 24.2 Å². The first-order chi connectivity index (χ1) is 17.2. The number of rotatable bonds is 10. The van der Waals surface area contributed by atoms with E-state index in [2.05, 4.69) is 51.3 Å². The largest absolute Gasteiger partial charge is 0.395 e. The van der Waals surface area contributed by atoms with Gasteiger partial charge in [-0.1, -0.05) is 89.4 Å². The van der Waals surface area contributed by atoms with Gasteiger partial charge >= 0.3 is 11.9 Å². The maximum absolute atomic E-state index is 13.1. The Hall–Kier alpha value is -3.15. The molecule has 2 aromatic carbocycles. The molecule has 0 fully saturated rings. The van der Waals surface area contributed by atoms with Gasteiger partial charge in [-0.2, -0.15) is 5.48 Å². The first-order valence-corrected chi connectivity index (χ1v) is 13.1. The molecule has 0 aromatic heterocycles. The Labute approximate surface area is 215 Å². The molecule has 1 aliphatic rings. The summed E-state index contributed by atoms with van der Waals surface area (Å²) in [6, 6.07) is 14.6. The average Bonchev–Trinajstić information content (AvgIpc) is 2.87. The molecule has 0 atom stereocenters. The van der Waals surface area contributed by atoms with Crippen LogP contribution >= 0.6 is 0 Å². The third kappa shape index (κ3) is 6.96. The van der Waals surface area contributed by atoms with Gasteiger partial charge < -0.3 is 9.68 Å². The Morgan fingerprint density at radius 3 is 2.22 bits per heavy atom. The topological polar surface area (TPSA) is 77.0 Å². The second-order valence-corrected chi connectivity index (χ2v) is 10.9. The molecule has 0 bridgehead atoms. The average molecular weight is 493 g/mol. The molecule has 0 radical (unpaired) electrons. The molecule has 0 saturated carbocycles. The van der Waals surface area contributed by atoms with Crippen molar-refractivity contribution in [2.45, 2.75) is 90.4 Å². The minimum Gasteiger partial charge on any atom is -0.395 e. The number of oxime groups is 1. The summed E-state index contributed by atoms with van der Waals surface area (Å²) in [7, 11) is 0. The lowest BCUT2D eigenvalue weighted by atomic mass is 9.63. The Bertz CT molecular complexity index is 1070. The van der Waals surface area contributed by atoms with Gasteiger partial charge in [0.15, 0.2) is 5.71 Å². The van der Waals surface area contributed by atoms with E-state index in [9.17, 15) is 9.59 Å². The van der Waals surface area contributed by atoms with E-state index in [-0.39, 0.29) is 16.5 Å². The van der Waals surface area contributed by atoms with Crippen LogP contribution in [-0.2, 0) is 25.3 Å². The number of benzene rings is 2. The number of amides is 1. The Balaban J connectivity index is 1.81. The third-order valence-corrected chi connectivity index (χ3v) is 7.08. The number of hydroxylamine groups is 1. The molecule has 3 rings (SSSR count). The molecule has 0 heterocycles. The highest BCUT2D eigenvalue weighted by Gasteiger charge is 2.37. The Morgan fingerprint density at radius 1 is 0.861 bits per heavy atom. The van der Waals surface area contributed by atoms with Crippen LogP contribution in [0.4, 0.5) is 0 Å². The van der Waals surface area contributed by atoms with E-state index in [4.69, 9.17) is 9.68 Å². The van der Waals surface area contributed by atoms with Crippen LogP contribution in [0.3, 0.4) is 0 Å². The van der Waals surface area contributed by atoms with Crippen molar-refractivity contribution in [3.05, 3.63) is 70.8 Å². The summed E-state index contributed by atoms with van der Waals surface area (Å²) in [6.07, 6.45) is 7.61. The number of hydrogen-bond acceptors (Lipinski definition) is 5. The number of nitrogens with zero attached hydrogens (tertiary/aromatic N) is 1. The molecule has 0 unspecified atom stereocenters. The lowest BCUT2D eigenvalue weighted by molar-refractivity contribution is -0.123. The number of fused-ring (bicyclic) bond motifs is 1. The third-order valence-electron chi connectivity index (χ3n) is 7.08. The molecule has 0 saturated heterocycles. The first-order valence-electron chi connectivity index (χ1n) is 13.1. The smallest absolute Gasteiger partial charge is 0.362 e. The SMILES string of the molecule is CCCCCCCON=C(C(=O)NOC(=O)c1ccccc1)c1ccc2c(c1)C(C)(C)CCC2(C)C. The summed E-state index contributed by atoms with van der Waals surface area (Å²) in [4.78, 5) is 36.1. The van der Waals surface area contributed by atoms with Crippen molar-refractivity contribution >= 4 is 17.6 Å². The second kappa shape index (κ2) is 12.2. The standard InChI is InChI=1S/C30H40N2O4/c1-6-7-8-9-13-20-35-31-26(27(33)32-36-28(34)22-14-11-10-12-15-22)23-16-17-24-25(21-23)30(4,5)19-18-29(24,2)3/h10-12,14-17,21H,6-9,13,18-20H2,1-5H3,(H,32,33). The molecule has 194 valence electrons. The van der Waals surface area contributed by atoms with Gasteiger partial charge in [-0.15, -0.1) is 0 Å². The number of carbonyl (C=O) groups is 2. The minimum atomic E-state index is -0.645. The van der Waals surface area contributed by atoms with Crippen LogP contribution in [0.1, 0.15) is 107 Å². The summed E-state index contributed by atoms with van der Waals surface area (Å²) in [6.45, 7) is 11.6. The zero-order valence-corrected chi connectivity index (χ0v) is 22.4. The molecule has 2 aromatic rings. The number of hydrogen-bond donors (Lipinski definition) is 1. The van der Waals surface area contributed by atoms with Gasteiger partial charge in [-0.3, -0.25) is 4.79 Å². The van der Waals surface area contributed by atoms with Crippen LogP contribution in [0, 0.1) is 0 Å². The molecule has 6 heteroatoms. The maximum Gasteiger partial charge on any atom is 0.362 e. The van der Waals surface area contributed by atoms with Crippen molar-refractivity contribution in [3.8, 4) is 0 Å². The summed E-state index contributed by atoms with van der Waals surface area (Å²) in [5.41, 5.74) is 5.86. The van der Waals surface area contributed by atoms with Crippen molar-refractivity contribution in [2.24, 2.45) is 5.16 Å². The van der Waals surface area contributed by atoms with E-state index in [0.29, 0.717) is 17.7 Å². The summed E-state index contributed by atoms with van der Waals surface area (Å²) in [5.74, 6) is -1.27. The van der Waals surface area contributed by atoms with E-state index in [1.807, 2.05) is 12.1 Å². The van der Waals surface area contributed by atoms with Crippen LogP contribution in [0.2, 0.25) is 0 Å². The van der Waals surface area contributed by atoms with Gasteiger partial charge in [0.2, 0.25) is 0 Å². The fourth-order valence-corrected chi connectivity index (χ4v) is 4.62. The van der Waals surface area contributed by atoms with Crippen molar-refractivity contribution < 1.29 is 19.3 Å². The van der Waals surface area contributed by atoms with Crippen molar-refractivity contribution in [2.75, 3.05) is 6.61 Å². The number of nitrogens with one attached hydrogen (secondary N) is 1. The molecular weight excluding hydrogens is 452 g/mol. The van der Waals surface area contributed by atoms with Crippen molar-refractivity contribution in [3.63, 3.8) is 0 Å².